The van der Waals surface area contributed by atoms with Crippen molar-refractivity contribution in [1.82, 2.24) is 5.32 Å². The SMILES string of the molecule is N[C@H](Cc1ccc(O)cc1)C(=O)NCc1sccc1Br. The number of amides is 1. The highest BCUT2D eigenvalue weighted by Gasteiger charge is 2.14. The Hall–Kier alpha value is -1.37. The summed E-state index contributed by atoms with van der Waals surface area (Å²) in [4.78, 5) is 13.0. The van der Waals surface area contributed by atoms with Crippen LogP contribution in [0.5, 0.6) is 5.75 Å². The van der Waals surface area contributed by atoms with Gasteiger partial charge in [0.1, 0.15) is 5.75 Å². The number of hydrogen-bond donors (Lipinski definition) is 3. The zero-order chi connectivity index (χ0) is 14.5. The van der Waals surface area contributed by atoms with Gasteiger partial charge < -0.3 is 16.2 Å². The number of phenolic OH excluding ortho intramolecular Hbond substituents is 1. The van der Waals surface area contributed by atoms with Gasteiger partial charge in [-0.2, -0.15) is 0 Å². The van der Waals surface area contributed by atoms with Crippen molar-refractivity contribution in [2.45, 2.75) is 19.0 Å². The average Bonchev–Trinajstić information content (AvgIpc) is 2.84. The van der Waals surface area contributed by atoms with Crippen LogP contribution in [0.2, 0.25) is 0 Å². The molecule has 4 nitrogen and oxygen atoms in total. The molecule has 1 amide bonds. The maximum absolute atomic E-state index is 11.9. The topological polar surface area (TPSA) is 75.3 Å². The van der Waals surface area contributed by atoms with Crippen molar-refractivity contribution in [3.8, 4) is 5.75 Å². The van der Waals surface area contributed by atoms with Crippen LogP contribution >= 0.6 is 27.3 Å². The summed E-state index contributed by atoms with van der Waals surface area (Å²) in [5.41, 5.74) is 6.80. The van der Waals surface area contributed by atoms with Gasteiger partial charge >= 0.3 is 0 Å². The molecule has 0 aliphatic rings. The van der Waals surface area contributed by atoms with Crippen LogP contribution in [-0.4, -0.2) is 17.1 Å². The number of nitrogens with two attached hydrogens (primary N) is 1. The maximum atomic E-state index is 11.9. The fourth-order valence-electron chi connectivity index (χ4n) is 1.73. The van der Waals surface area contributed by atoms with Crippen molar-refractivity contribution >= 4 is 33.2 Å². The first-order chi connectivity index (χ1) is 9.56. The van der Waals surface area contributed by atoms with Crippen molar-refractivity contribution in [2.75, 3.05) is 0 Å². The lowest BCUT2D eigenvalue weighted by Gasteiger charge is -2.12. The molecule has 0 unspecified atom stereocenters. The van der Waals surface area contributed by atoms with Gasteiger partial charge in [-0.25, -0.2) is 0 Å². The number of benzene rings is 1. The second-order valence-electron chi connectivity index (χ2n) is 4.39. The maximum Gasteiger partial charge on any atom is 0.237 e. The standard InChI is InChI=1S/C14H15BrN2O2S/c15-11-5-6-20-13(11)8-17-14(19)12(16)7-9-1-3-10(18)4-2-9/h1-6,12,18H,7-8,16H2,(H,17,19)/t12-/m1/s1. The van der Waals surface area contributed by atoms with Crippen LogP contribution in [0.1, 0.15) is 10.4 Å². The lowest BCUT2D eigenvalue weighted by Crippen LogP contribution is -2.41. The molecule has 1 aromatic carbocycles. The zero-order valence-corrected chi connectivity index (χ0v) is 13.1. The van der Waals surface area contributed by atoms with Crippen molar-refractivity contribution in [2.24, 2.45) is 5.73 Å². The van der Waals surface area contributed by atoms with Crippen LogP contribution in [0.15, 0.2) is 40.2 Å². The van der Waals surface area contributed by atoms with Crippen molar-refractivity contribution in [3.05, 3.63) is 50.6 Å². The molecule has 6 heteroatoms. The van der Waals surface area contributed by atoms with E-state index in [4.69, 9.17) is 5.73 Å². The number of thiophene rings is 1. The highest BCUT2D eigenvalue weighted by Crippen LogP contribution is 2.22. The Balaban J connectivity index is 1.86. The fourth-order valence-corrected chi connectivity index (χ4v) is 3.16. The predicted molar refractivity (Wildman–Crippen MR) is 83.7 cm³/mol. The molecule has 1 atom stereocenters. The van der Waals surface area contributed by atoms with E-state index in [1.165, 1.54) is 0 Å². The molecule has 4 N–H and O–H groups in total. The van der Waals surface area contributed by atoms with Gasteiger partial charge in [0.2, 0.25) is 5.91 Å². The van der Waals surface area contributed by atoms with Crippen LogP contribution in [-0.2, 0) is 17.8 Å². The number of carbonyl (C=O) groups is 1. The van der Waals surface area contributed by atoms with Gasteiger partial charge in [-0.15, -0.1) is 11.3 Å². The van der Waals surface area contributed by atoms with E-state index in [0.717, 1.165) is 14.9 Å². The minimum atomic E-state index is -0.599. The van der Waals surface area contributed by atoms with E-state index in [2.05, 4.69) is 21.2 Å². The molecule has 0 aliphatic heterocycles. The largest absolute Gasteiger partial charge is 0.508 e. The molecule has 2 rings (SSSR count). The Kier molecular flexibility index (Phi) is 5.17. The molecule has 0 saturated carbocycles. The summed E-state index contributed by atoms with van der Waals surface area (Å²) in [6.07, 6.45) is 0.442. The number of halogens is 1. The van der Waals surface area contributed by atoms with Crippen LogP contribution in [0.3, 0.4) is 0 Å². The van der Waals surface area contributed by atoms with E-state index in [0.29, 0.717) is 13.0 Å². The molecular weight excluding hydrogens is 340 g/mol. The molecule has 1 heterocycles. The monoisotopic (exact) mass is 354 g/mol. The molecule has 0 fully saturated rings. The number of carbonyl (C=O) groups excluding carboxylic acids is 1. The molecule has 0 saturated heterocycles. The Morgan fingerprint density at radius 3 is 2.65 bits per heavy atom. The van der Waals surface area contributed by atoms with E-state index >= 15 is 0 Å². The molecular formula is C14H15BrN2O2S. The van der Waals surface area contributed by atoms with Gasteiger partial charge in [0.25, 0.3) is 0 Å². The van der Waals surface area contributed by atoms with Gasteiger partial charge in [-0.1, -0.05) is 12.1 Å². The highest BCUT2D eigenvalue weighted by atomic mass is 79.9. The summed E-state index contributed by atoms with van der Waals surface area (Å²) in [6, 6.07) is 8.04. The minimum Gasteiger partial charge on any atom is -0.508 e. The Morgan fingerprint density at radius 2 is 2.05 bits per heavy atom. The summed E-state index contributed by atoms with van der Waals surface area (Å²) in [5.74, 6) is 0.0210. The number of rotatable bonds is 5. The van der Waals surface area contributed by atoms with Crippen LogP contribution in [0.4, 0.5) is 0 Å². The van der Waals surface area contributed by atoms with Crippen molar-refractivity contribution in [3.63, 3.8) is 0 Å². The molecule has 0 spiro atoms. The smallest absolute Gasteiger partial charge is 0.237 e. The molecule has 20 heavy (non-hydrogen) atoms. The lowest BCUT2D eigenvalue weighted by molar-refractivity contribution is -0.122. The summed E-state index contributed by atoms with van der Waals surface area (Å²) in [7, 11) is 0. The Labute approximate surface area is 129 Å². The van der Waals surface area contributed by atoms with Crippen LogP contribution in [0.25, 0.3) is 0 Å². The van der Waals surface area contributed by atoms with Gasteiger partial charge in [-0.3, -0.25) is 4.79 Å². The summed E-state index contributed by atoms with van der Waals surface area (Å²) in [6.45, 7) is 0.473. The molecule has 0 radical (unpaired) electrons. The van der Waals surface area contributed by atoms with Gasteiger partial charge in [0, 0.05) is 9.35 Å². The molecule has 1 aromatic heterocycles. The fraction of sp³-hybridized carbons (Fsp3) is 0.214. The number of phenols is 1. The third-order valence-electron chi connectivity index (χ3n) is 2.84. The number of hydrogen-bond acceptors (Lipinski definition) is 4. The van der Waals surface area contributed by atoms with Crippen molar-refractivity contribution in [1.29, 1.82) is 0 Å². The van der Waals surface area contributed by atoms with E-state index in [1.54, 1.807) is 35.6 Å². The van der Waals surface area contributed by atoms with E-state index in [9.17, 15) is 9.90 Å². The normalized spacial score (nSPS) is 12.1. The highest BCUT2D eigenvalue weighted by molar-refractivity contribution is 9.10. The van der Waals surface area contributed by atoms with Crippen LogP contribution in [0, 0.1) is 0 Å². The van der Waals surface area contributed by atoms with E-state index in [1.807, 2.05) is 11.4 Å². The number of nitrogens with one attached hydrogen (secondary N) is 1. The molecule has 0 aliphatic carbocycles. The molecule has 106 valence electrons. The first kappa shape index (κ1) is 15.0. The predicted octanol–water partition coefficient (Wildman–Crippen LogP) is 2.40. The molecule has 2 aromatic rings. The third-order valence-corrected chi connectivity index (χ3v) is 4.77. The second-order valence-corrected chi connectivity index (χ2v) is 6.24. The summed E-state index contributed by atoms with van der Waals surface area (Å²) >= 11 is 5.00. The van der Waals surface area contributed by atoms with Crippen molar-refractivity contribution < 1.29 is 9.90 Å². The minimum absolute atomic E-state index is 0.182. The second kappa shape index (κ2) is 6.88. The van der Waals surface area contributed by atoms with Crippen LogP contribution < -0.4 is 11.1 Å². The first-order valence-corrected chi connectivity index (χ1v) is 7.76. The van der Waals surface area contributed by atoms with Gasteiger partial charge in [0.05, 0.1) is 12.6 Å². The summed E-state index contributed by atoms with van der Waals surface area (Å²) < 4.78 is 0.995. The average molecular weight is 355 g/mol. The Morgan fingerprint density at radius 1 is 1.35 bits per heavy atom. The quantitative estimate of drug-likeness (QED) is 0.771. The van der Waals surface area contributed by atoms with E-state index < -0.39 is 6.04 Å². The zero-order valence-electron chi connectivity index (χ0n) is 10.7. The van der Waals surface area contributed by atoms with E-state index in [-0.39, 0.29) is 11.7 Å². The van der Waals surface area contributed by atoms with Gasteiger partial charge in [0.15, 0.2) is 0 Å². The molecule has 0 bridgehead atoms. The summed E-state index contributed by atoms with van der Waals surface area (Å²) in [5, 5.41) is 14.0. The van der Waals surface area contributed by atoms with Gasteiger partial charge in [-0.05, 0) is 51.5 Å². The third kappa shape index (κ3) is 4.06. The Bertz CT molecular complexity index is 583. The first-order valence-electron chi connectivity index (χ1n) is 6.09. The lowest BCUT2D eigenvalue weighted by atomic mass is 10.1. The number of aromatic hydroxyl groups is 1.